The molecule has 1 aliphatic rings. The van der Waals surface area contributed by atoms with Crippen molar-refractivity contribution in [2.75, 3.05) is 36.4 Å². The maximum atomic E-state index is 12.0. The van der Waals surface area contributed by atoms with Gasteiger partial charge in [-0.2, -0.15) is 5.26 Å². The van der Waals surface area contributed by atoms with Crippen molar-refractivity contribution in [3.63, 3.8) is 0 Å². The molecule has 8 nitrogen and oxygen atoms in total. The number of piperidine rings is 1. The second-order valence-corrected chi connectivity index (χ2v) is 6.62. The summed E-state index contributed by atoms with van der Waals surface area (Å²) in [7, 11) is 0. The Bertz CT molecular complexity index is 827. The monoisotopic (exact) mass is 379 g/mol. The standard InChI is InChI=1S/C20H25N7O/c21-14-17-5-4-7-23-19(17)24-9-10-25-20(28)26-15-16-6-8-22-18(13-16)27-11-2-1-3-12-27/h4-8,13H,1-3,9-12,15H2,(H,23,24)(H2,25,26,28). The normalized spacial score (nSPS) is 13.5. The SMILES string of the molecule is N#Cc1cccnc1NCCNC(=O)NCc1ccnc(N2CCCCC2)c1. The highest BCUT2D eigenvalue weighted by molar-refractivity contribution is 5.73. The molecule has 8 heteroatoms. The smallest absolute Gasteiger partial charge is 0.315 e. The van der Waals surface area contributed by atoms with Crippen LogP contribution in [0, 0.1) is 11.3 Å². The van der Waals surface area contributed by atoms with Crippen LogP contribution in [0.4, 0.5) is 16.4 Å². The molecule has 0 radical (unpaired) electrons. The number of rotatable bonds is 7. The van der Waals surface area contributed by atoms with Gasteiger partial charge in [-0.3, -0.25) is 0 Å². The second-order valence-electron chi connectivity index (χ2n) is 6.62. The lowest BCUT2D eigenvalue weighted by atomic mass is 10.1. The molecule has 0 unspecified atom stereocenters. The zero-order valence-electron chi connectivity index (χ0n) is 15.8. The summed E-state index contributed by atoms with van der Waals surface area (Å²) in [5.41, 5.74) is 1.50. The Hall–Kier alpha value is -3.34. The lowest BCUT2D eigenvalue weighted by Gasteiger charge is -2.27. The Balaban J connectivity index is 1.39. The van der Waals surface area contributed by atoms with Crippen molar-refractivity contribution in [3.05, 3.63) is 47.8 Å². The first-order valence-electron chi connectivity index (χ1n) is 9.57. The molecular formula is C20H25N7O. The van der Waals surface area contributed by atoms with E-state index in [4.69, 9.17) is 5.26 Å². The highest BCUT2D eigenvalue weighted by atomic mass is 16.2. The van der Waals surface area contributed by atoms with Crippen molar-refractivity contribution < 1.29 is 4.79 Å². The van der Waals surface area contributed by atoms with Gasteiger partial charge >= 0.3 is 6.03 Å². The third-order valence-electron chi connectivity index (χ3n) is 4.57. The van der Waals surface area contributed by atoms with Crippen molar-refractivity contribution in [3.8, 4) is 6.07 Å². The molecular weight excluding hydrogens is 354 g/mol. The van der Waals surface area contributed by atoms with E-state index in [0.717, 1.165) is 24.5 Å². The van der Waals surface area contributed by atoms with Gasteiger partial charge in [0.05, 0.1) is 5.56 Å². The average molecular weight is 379 g/mol. The number of hydrogen-bond acceptors (Lipinski definition) is 6. The van der Waals surface area contributed by atoms with Gasteiger partial charge in [-0.05, 0) is 49.1 Å². The van der Waals surface area contributed by atoms with Crippen molar-refractivity contribution >= 4 is 17.7 Å². The summed E-state index contributed by atoms with van der Waals surface area (Å²) in [6.45, 7) is 3.43. The molecule has 1 fully saturated rings. The number of amides is 2. The summed E-state index contributed by atoms with van der Waals surface area (Å²) in [6, 6.07) is 9.21. The van der Waals surface area contributed by atoms with Gasteiger partial charge in [-0.15, -0.1) is 0 Å². The fourth-order valence-corrected chi connectivity index (χ4v) is 3.10. The van der Waals surface area contributed by atoms with Crippen molar-refractivity contribution in [1.29, 1.82) is 5.26 Å². The molecule has 1 saturated heterocycles. The van der Waals surface area contributed by atoms with Gasteiger partial charge in [0, 0.05) is 45.1 Å². The van der Waals surface area contributed by atoms with Gasteiger partial charge in [0.2, 0.25) is 0 Å². The largest absolute Gasteiger partial charge is 0.367 e. The van der Waals surface area contributed by atoms with Crippen molar-refractivity contribution in [2.24, 2.45) is 0 Å². The van der Waals surface area contributed by atoms with E-state index in [1.165, 1.54) is 19.3 Å². The summed E-state index contributed by atoms with van der Waals surface area (Å²) in [5.74, 6) is 1.50. The van der Waals surface area contributed by atoms with Gasteiger partial charge in [0.15, 0.2) is 0 Å². The van der Waals surface area contributed by atoms with Crippen LogP contribution in [0.3, 0.4) is 0 Å². The number of nitrogens with one attached hydrogen (secondary N) is 3. The van der Waals surface area contributed by atoms with Gasteiger partial charge in [0.25, 0.3) is 0 Å². The minimum Gasteiger partial charge on any atom is -0.367 e. The van der Waals surface area contributed by atoms with Gasteiger partial charge in [-0.1, -0.05) is 0 Å². The number of anilines is 2. The summed E-state index contributed by atoms with van der Waals surface area (Å²) >= 11 is 0. The van der Waals surface area contributed by atoms with E-state index in [1.54, 1.807) is 24.5 Å². The minimum atomic E-state index is -0.236. The predicted octanol–water partition coefficient (Wildman–Crippen LogP) is 2.25. The highest BCUT2D eigenvalue weighted by Gasteiger charge is 2.12. The summed E-state index contributed by atoms with van der Waals surface area (Å²) < 4.78 is 0. The minimum absolute atomic E-state index is 0.236. The van der Waals surface area contributed by atoms with Crippen LogP contribution in [0.1, 0.15) is 30.4 Å². The highest BCUT2D eigenvalue weighted by Crippen LogP contribution is 2.18. The predicted molar refractivity (Wildman–Crippen MR) is 108 cm³/mol. The van der Waals surface area contributed by atoms with Crippen LogP contribution in [0.25, 0.3) is 0 Å². The number of aromatic nitrogens is 2. The first-order chi connectivity index (χ1) is 13.8. The topological polar surface area (TPSA) is 106 Å². The van der Waals surface area contributed by atoms with Crippen LogP contribution in [-0.2, 0) is 6.54 Å². The molecule has 2 amide bonds. The maximum absolute atomic E-state index is 12.0. The second kappa shape index (κ2) is 10.1. The van der Waals surface area contributed by atoms with E-state index in [2.05, 4.69) is 36.9 Å². The fraction of sp³-hybridized carbons (Fsp3) is 0.400. The van der Waals surface area contributed by atoms with Crippen LogP contribution in [-0.4, -0.2) is 42.2 Å². The lowest BCUT2D eigenvalue weighted by molar-refractivity contribution is 0.241. The third-order valence-corrected chi connectivity index (χ3v) is 4.57. The van der Waals surface area contributed by atoms with E-state index < -0.39 is 0 Å². The molecule has 2 aromatic heterocycles. The quantitative estimate of drug-likeness (QED) is 0.637. The number of urea groups is 1. The van der Waals surface area contributed by atoms with E-state index in [9.17, 15) is 4.79 Å². The lowest BCUT2D eigenvalue weighted by Crippen LogP contribution is -2.37. The molecule has 3 heterocycles. The van der Waals surface area contributed by atoms with Crippen molar-refractivity contribution in [2.45, 2.75) is 25.8 Å². The molecule has 0 aromatic carbocycles. The number of carbonyl (C=O) groups excluding carboxylic acids is 1. The molecule has 0 spiro atoms. The molecule has 0 aliphatic carbocycles. The molecule has 1 aliphatic heterocycles. The van der Waals surface area contributed by atoms with E-state index in [1.807, 2.05) is 12.1 Å². The fourth-order valence-electron chi connectivity index (χ4n) is 3.10. The maximum Gasteiger partial charge on any atom is 0.315 e. The summed E-state index contributed by atoms with van der Waals surface area (Å²) in [4.78, 5) is 22.9. The first-order valence-corrected chi connectivity index (χ1v) is 9.57. The average Bonchev–Trinajstić information content (AvgIpc) is 2.76. The van der Waals surface area contributed by atoms with Crippen LogP contribution >= 0.6 is 0 Å². The third kappa shape index (κ3) is 5.58. The van der Waals surface area contributed by atoms with Gasteiger partial charge in [0.1, 0.15) is 17.7 Å². The number of nitrogens with zero attached hydrogens (tertiary/aromatic N) is 4. The van der Waals surface area contributed by atoms with E-state index in [0.29, 0.717) is 31.0 Å². The number of nitriles is 1. The molecule has 0 saturated carbocycles. The van der Waals surface area contributed by atoms with Crippen molar-refractivity contribution in [1.82, 2.24) is 20.6 Å². The van der Waals surface area contributed by atoms with Crippen LogP contribution in [0.2, 0.25) is 0 Å². The number of carbonyl (C=O) groups is 1. The molecule has 0 bridgehead atoms. The number of pyridine rings is 2. The Morgan fingerprint density at radius 1 is 1.11 bits per heavy atom. The Morgan fingerprint density at radius 2 is 1.96 bits per heavy atom. The molecule has 146 valence electrons. The van der Waals surface area contributed by atoms with E-state index >= 15 is 0 Å². The molecule has 0 atom stereocenters. The molecule has 3 rings (SSSR count). The Labute approximate surface area is 165 Å². The van der Waals surface area contributed by atoms with Crippen LogP contribution < -0.4 is 20.9 Å². The molecule has 3 N–H and O–H groups in total. The zero-order valence-corrected chi connectivity index (χ0v) is 15.8. The van der Waals surface area contributed by atoms with Crippen LogP contribution in [0.15, 0.2) is 36.7 Å². The van der Waals surface area contributed by atoms with Crippen LogP contribution in [0.5, 0.6) is 0 Å². The Kier molecular flexibility index (Phi) is 7.01. The van der Waals surface area contributed by atoms with E-state index in [-0.39, 0.29) is 6.03 Å². The molecule has 2 aromatic rings. The number of hydrogen-bond donors (Lipinski definition) is 3. The summed E-state index contributed by atoms with van der Waals surface area (Å²) in [5, 5.41) is 17.7. The molecule has 28 heavy (non-hydrogen) atoms. The van der Waals surface area contributed by atoms with Gasteiger partial charge in [-0.25, -0.2) is 14.8 Å². The zero-order chi connectivity index (χ0) is 19.6. The van der Waals surface area contributed by atoms with Gasteiger partial charge < -0.3 is 20.9 Å². The first kappa shape index (κ1) is 19.4. The Morgan fingerprint density at radius 3 is 2.79 bits per heavy atom. The summed E-state index contributed by atoms with van der Waals surface area (Å²) in [6.07, 6.45) is 7.10.